The Bertz CT molecular complexity index is 472. The standard InChI is InChI=1S/C13H19N3O3/c1-8-4-5-11(6-9(8)2)14-13(19)16-15-12(18)7-10(3)17/h4-6,10,17H,7H2,1-3H3,(H,15,18)(H2,14,16,19)/t10-/m0/s1. The van der Waals surface area contributed by atoms with Gasteiger partial charge in [0.25, 0.3) is 0 Å². The normalized spacial score (nSPS) is 11.6. The van der Waals surface area contributed by atoms with E-state index in [1.165, 1.54) is 6.92 Å². The van der Waals surface area contributed by atoms with E-state index in [1.54, 1.807) is 6.07 Å². The average Bonchev–Trinajstić information content (AvgIpc) is 2.30. The fourth-order valence-electron chi connectivity index (χ4n) is 1.43. The van der Waals surface area contributed by atoms with Gasteiger partial charge in [-0.3, -0.25) is 10.2 Å². The second kappa shape index (κ2) is 6.75. The molecule has 3 amide bonds. The van der Waals surface area contributed by atoms with Crippen molar-refractivity contribution in [2.45, 2.75) is 33.3 Å². The van der Waals surface area contributed by atoms with Crippen molar-refractivity contribution in [3.63, 3.8) is 0 Å². The third-order valence-corrected chi connectivity index (χ3v) is 2.56. The Kier molecular flexibility index (Phi) is 5.32. The number of aliphatic hydroxyl groups is 1. The Labute approximate surface area is 112 Å². The summed E-state index contributed by atoms with van der Waals surface area (Å²) in [6.45, 7) is 5.42. The van der Waals surface area contributed by atoms with Crippen LogP contribution in [0.1, 0.15) is 24.5 Å². The first-order chi connectivity index (χ1) is 8.88. The molecule has 0 saturated carbocycles. The van der Waals surface area contributed by atoms with Crippen LogP contribution in [0.4, 0.5) is 10.5 Å². The summed E-state index contributed by atoms with van der Waals surface area (Å²) in [6.07, 6.45) is -0.811. The number of hydrogen-bond donors (Lipinski definition) is 4. The highest BCUT2D eigenvalue weighted by atomic mass is 16.3. The summed E-state index contributed by atoms with van der Waals surface area (Å²) in [6, 6.07) is 4.98. The van der Waals surface area contributed by atoms with Crippen molar-refractivity contribution in [2.24, 2.45) is 0 Å². The molecule has 0 aliphatic rings. The number of anilines is 1. The van der Waals surface area contributed by atoms with Gasteiger partial charge in [0.2, 0.25) is 5.91 Å². The molecule has 1 atom stereocenters. The number of aliphatic hydroxyl groups excluding tert-OH is 1. The highest BCUT2D eigenvalue weighted by Crippen LogP contribution is 2.13. The summed E-state index contributed by atoms with van der Waals surface area (Å²) in [4.78, 5) is 22.7. The number of hydrogen-bond acceptors (Lipinski definition) is 3. The minimum Gasteiger partial charge on any atom is -0.393 e. The lowest BCUT2D eigenvalue weighted by Gasteiger charge is -2.10. The van der Waals surface area contributed by atoms with Gasteiger partial charge in [-0.05, 0) is 44.0 Å². The molecule has 0 aliphatic heterocycles. The molecule has 0 bridgehead atoms. The minimum atomic E-state index is -0.746. The molecule has 1 aromatic carbocycles. The molecule has 0 unspecified atom stereocenters. The van der Waals surface area contributed by atoms with Gasteiger partial charge in [0.1, 0.15) is 0 Å². The molecule has 0 fully saturated rings. The largest absolute Gasteiger partial charge is 0.393 e. The van der Waals surface area contributed by atoms with Crippen molar-refractivity contribution in [1.82, 2.24) is 10.9 Å². The lowest BCUT2D eigenvalue weighted by atomic mass is 10.1. The van der Waals surface area contributed by atoms with Crippen molar-refractivity contribution in [1.29, 1.82) is 0 Å². The minimum absolute atomic E-state index is 0.0656. The zero-order valence-electron chi connectivity index (χ0n) is 11.3. The molecule has 0 saturated heterocycles. The second-order valence-electron chi connectivity index (χ2n) is 4.48. The number of carbonyl (C=O) groups excluding carboxylic acids is 2. The van der Waals surface area contributed by atoms with Gasteiger partial charge >= 0.3 is 6.03 Å². The molecular weight excluding hydrogens is 246 g/mol. The van der Waals surface area contributed by atoms with Crippen LogP contribution in [0, 0.1) is 13.8 Å². The molecule has 6 heteroatoms. The van der Waals surface area contributed by atoms with Crippen LogP contribution in [0.15, 0.2) is 18.2 Å². The molecule has 0 radical (unpaired) electrons. The molecule has 0 heterocycles. The van der Waals surface area contributed by atoms with Crippen LogP contribution in [0.3, 0.4) is 0 Å². The maximum Gasteiger partial charge on any atom is 0.337 e. The van der Waals surface area contributed by atoms with Gasteiger partial charge in [0.05, 0.1) is 12.5 Å². The topological polar surface area (TPSA) is 90.5 Å². The lowest BCUT2D eigenvalue weighted by Crippen LogP contribution is -2.44. The summed E-state index contributed by atoms with van der Waals surface area (Å²) in [7, 11) is 0. The van der Waals surface area contributed by atoms with Crippen molar-refractivity contribution in [3.05, 3.63) is 29.3 Å². The van der Waals surface area contributed by atoms with Crippen LogP contribution in [-0.2, 0) is 4.79 Å². The quantitative estimate of drug-likeness (QED) is 0.619. The van der Waals surface area contributed by atoms with Gasteiger partial charge in [-0.25, -0.2) is 10.2 Å². The summed E-state index contributed by atoms with van der Waals surface area (Å²) >= 11 is 0. The number of aryl methyl sites for hydroxylation is 2. The summed E-state index contributed by atoms with van der Waals surface area (Å²) in [5.74, 6) is -0.453. The van der Waals surface area contributed by atoms with Gasteiger partial charge in [-0.2, -0.15) is 0 Å². The smallest absolute Gasteiger partial charge is 0.337 e. The number of benzene rings is 1. The van der Waals surface area contributed by atoms with Gasteiger partial charge in [-0.1, -0.05) is 6.07 Å². The monoisotopic (exact) mass is 265 g/mol. The predicted molar refractivity (Wildman–Crippen MR) is 72.5 cm³/mol. The molecule has 6 nitrogen and oxygen atoms in total. The van der Waals surface area contributed by atoms with Gasteiger partial charge in [-0.15, -0.1) is 0 Å². The molecule has 104 valence electrons. The van der Waals surface area contributed by atoms with Crippen LogP contribution >= 0.6 is 0 Å². The van der Waals surface area contributed by atoms with Crippen LogP contribution in [0.25, 0.3) is 0 Å². The second-order valence-corrected chi connectivity index (χ2v) is 4.48. The lowest BCUT2D eigenvalue weighted by molar-refractivity contribution is -0.123. The SMILES string of the molecule is Cc1ccc(NC(=O)NNC(=O)C[C@H](C)O)cc1C. The molecular formula is C13H19N3O3. The zero-order chi connectivity index (χ0) is 14.4. The molecule has 0 spiro atoms. The number of hydrazine groups is 1. The summed E-state index contributed by atoms with van der Waals surface area (Å²) in [5, 5.41) is 11.6. The van der Waals surface area contributed by atoms with Gasteiger partial charge in [0, 0.05) is 5.69 Å². The number of carbonyl (C=O) groups is 2. The van der Waals surface area contributed by atoms with Crippen molar-refractivity contribution < 1.29 is 14.7 Å². The first-order valence-electron chi connectivity index (χ1n) is 5.99. The summed E-state index contributed by atoms with van der Waals surface area (Å²) in [5.41, 5.74) is 7.25. The van der Waals surface area contributed by atoms with E-state index in [2.05, 4.69) is 16.2 Å². The Hall–Kier alpha value is -2.08. The Balaban J connectivity index is 2.43. The predicted octanol–water partition coefficient (Wildman–Crippen LogP) is 1.23. The molecule has 4 N–H and O–H groups in total. The van der Waals surface area contributed by atoms with E-state index in [4.69, 9.17) is 5.11 Å². The maximum atomic E-state index is 11.5. The average molecular weight is 265 g/mol. The molecule has 19 heavy (non-hydrogen) atoms. The van der Waals surface area contributed by atoms with E-state index in [0.717, 1.165) is 11.1 Å². The molecule has 1 aromatic rings. The number of urea groups is 1. The highest BCUT2D eigenvalue weighted by Gasteiger charge is 2.07. The van der Waals surface area contributed by atoms with Crippen LogP contribution in [-0.4, -0.2) is 23.1 Å². The molecule has 0 aliphatic carbocycles. The van der Waals surface area contributed by atoms with Crippen molar-refractivity contribution >= 4 is 17.6 Å². The number of amides is 3. The van der Waals surface area contributed by atoms with Gasteiger partial charge in [0.15, 0.2) is 0 Å². The van der Waals surface area contributed by atoms with E-state index in [9.17, 15) is 9.59 Å². The fraction of sp³-hybridized carbons (Fsp3) is 0.385. The first kappa shape index (κ1) is 15.0. The van der Waals surface area contributed by atoms with Crippen LogP contribution in [0.5, 0.6) is 0 Å². The van der Waals surface area contributed by atoms with E-state index < -0.39 is 18.0 Å². The molecule has 1 rings (SSSR count). The fourth-order valence-corrected chi connectivity index (χ4v) is 1.43. The van der Waals surface area contributed by atoms with Crippen molar-refractivity contribution in [2.75, 3.05) is 5.32 Å². The van der Waals surface area contributed by atoms with Crippen molar-refractivity contribution in [3.8, 4) is 0 Å². The third-order valence-electron chi connectivity index (χ3n) is 2.56. The van der Waals surface area contributed by atoms with Gasteiger partial charge < -0.3 is 10.4 Å². The highest BCUT2D eigenvalue weighted by molar-refractivity contribution is 5.91. The number of rotatable bonds is 3. The number of nitrogens with one attached hydrogen (secondary N) is 3. The first-order valence-corrected chi connectivity index (χ1v) is 5.99. The molecule has 0 aromatic heterocycles. The van der Waals surface area contributed by atoms with E-state index in [0.29, 0.717) is 5.69 Å². The Morgan fingerprint density at radius 3 is 2.47 bits per heavy atom. The Morgan fingerprint density at radius 2 is 1.89 bits per heavy atom. The van der Waals surface area contributed by atoms with E-state index in [-0.39, 0.29) is 6.42 Å². The van der Waals surface area contributed by atoms with Crippen LogP contribution in [0.2, 0.25) is 0 Å². The van der Waals surface area contributed by atoms with E-state index >= 15 is 0 Å². The summed E-state index contributed by atoms with van der Waals surface area (Å²) < 4.78 is 0. The Morgan fingerprint density at radius 1 is 1.21 bits per heavy atom. The zero-order valence-corrected chi connectivity index (χ0v) is 11.3. The third kappa shape index (κ3) is 5.39. The maximum absolute atomic E-state index is 11.5. The van der Waals surface area contributed by atoms with E-state index in [1.807, 2.05) is 26.0 Å². The van der Waals surface area contributed by atoms with Crippen LogP contribution < -0.4 is 16.2 Å².